The fraction of sp³-hybridized carbons (Fsp3) is 0.682. The number of unbranched alkanes of at least 4 members (excludes halogenated alkanes) is 1. The summed E-state index contributed by atoms with van der Waals surface area (Å²) in [5.41, 5.74) is 1.09. The van der Waals surface area contributed by atoms with Crippen LogP contribution in [0, 0.1) is 0 Å². The normalized spacial score (nSPS) is 18.0. The fourth-order valence-electron chi connectivity index (χ4n) is 3.63. The molecule has 6 nitrogen and oxygen atoms in total. The number of guanidine groups is 1. The second kappa shape index (κ2) is 12.5. The van der Waals surface area contributed by atoms with Crippen LogP contribution in [0.25, 0.3) is 0 Å². The van der Waals surface area contributed by atoms with E-state index in [-0.39, 0.29) is 0 Å². The van der Waals surface area contributed by atoms with Gasteiger partial charge < -0.3 is 25.0 Å². The van der Waals surface area contributed by atoms with Crippen LogP contribution in [0.1, 0.15) is 51.5 Å². The summed E-state index contributed by atoms with van der Waals surface area (Å²) < 4.78 is 10.7. The predicted octanol–water partition coefficient (Wildman–Crippen LogP) is 3.41. The molecule has 2 N–H and O–H groups in total. The Morgan fingerprint density at radius 2 is 1.96 bits per heavy atom. The maximum Gasteiger partial charge on any atom is 0.191 e. The molecule has 1 unspecified atom stereocenters. The number of nitrogens with one attached hydrogen (secondary N) is 2. The van der Waals surface area contributed by atoms with Crippen LogP contribution in [-0.2, 0) is 6.54 Å². The van der Waals surface area contributed by atoms with Crippen molar-refractivity contribution >= 4 is 5.96 Å². The number of ether oxygens (including phenoxy) is 2. The molecule has 1 atom stereocenters. The van der Waals surface area contributed by atoms with E-state index in [0.29, 0.717) is 6.54 Å². The van der Waals surface area contributed by atoms with Crippen LogP contribution in [0.4, 0.5) is 0 Å². The summed E-state index contributed by atoms with van der Waals surface area (Å²) in [5.74, 6) is 2.34. The number of hydrogen-bond acceptors (Lipinski definition) is 4. The van der Waals surface area contributed by atoms with E-state index in [1.165, 1.54) is 38.8 Å². The Hall–Kier alpha value is -1.95. The van der Waals surface area contributed by atoms with E-state index < -0.39 is 0 Å². The van der Waals surface area contributed by atoms with Gasteiger partial charge in [-0.2, -0.15) is 0 Å². The van der Waals surface area contributed by atoms with E-state index in [1.54, 1.807) is 14.2 Å². The molecule has 0 saturated carbocycles. The van der Waals surface area contributed by atoms with Crippen molar-refractivity contribution in [2.45, 2.75) is 58.5 Å². The van der Waals surface area contributed by atoms with Crippen LogP contribution < -0.4 is 20.1 Å². The molecule has 0 aromatic heterocycles. The lowest BCUT2D eigenvalue weighted by Crippen LogP contribution is -2.39. The smallest absolute Gasteiger partial charge is 0.191 e. The van der Waals surface area contributed by atoms with Crippen LogP contribution in [0.15, 0.2) is 23.2 Å². The highest BCUT2D eigenvalue weighted by Crippen LogP contribution is 2.27. The molecule has 6 heteroatoms. The second-order valence-corrected chi connectivity index (χ2v) is 7.40. The molecule has 0 radical (unpaired) electrons. The van der Waals surface area contributed by atoms with Crippen molar-refractivity contribution in [1.29, 1.82) is 0 Å². The number of methoxy groups -OCH3 is 2. The number of rotatable bonds is 10. The Kier molecular flexibility index (Phi) is 9.97. The first-order valence-corrected chi connectivity index (χ1v) is 10.6. The number of benzene rings is 1. The molecule has 1 aromatic rings. The standard InChI is InChI=1S/C22H38N4O2/c1-5-23-22(24-13-7-9-15-26-14-8-6-10-18(26)2)25-17-19-11-12-20(27-3)21(16-19)28-4/h11-12,16,18H,5-10,13-15,17H2,1-4H3,(H2,23,24,25). The summed E-state index contributed by atoms with van der Waals surface area (Å²) in [7, 11) is 3.30. The number of nitrogens with zero attached hydrogens (tertiary/aromatic N) is 2. The third-order valence-corrected chi connectivity index (χ3v) is 5.32. The van der Waals surface area contributed by atoms with Gasteiger partial charge in [-0.05, 0) is 70.3 Å². The Bertz CT molecular complexity index is 606. The summed E-state index contributed by atoms with van der Waals surface area (Å²) in [4.78, 5) is 7.34. The average Bonchev–Trinajstić information content (AvgIpc) is 2.72. The summed E-state index contributed by atoms with van der Waals surface area (Å²) >= 11 is 0. The van der Waals surface area contributed by atoms with Crippen LogP contribution >= 0.6 is 0 Å². The van der Waals surface area contributed by atoms with Gasteiger partial charge in [0.15, 0.2) is 17.5 Å². The van der Waals surface area contributed by atoms with Gasteiger partial charge >= 0.3 is 0 Å². The largest absolute Gasteiger partial charge is 0.493 e. The van der Waals surface area contributed by atoms with Crippen LogP contribution in [0.3, 0.4) is 0 Å². The molecule has 1 aromatic carbocycles. The Labute approximate surface area is 170 Å². The van der Waals surface area contributed by atoms with E-state index in [4.69, 9.17) is 14.5 Å². The van der Waals surface area contributed by atoms with Gasteiger partial charge in [-0.3, -0.25) is 0 Å². The quantitative estimate of drug-likeness (QED) is 0.364. The minimum Gasteiger partial charge on any atom is -0.493 e. The SMILES string of the molecule is CCNC(=NCc1ccc(OC)c(OC)c1)NCCCCN1CCCCC1C. The molecule has 28 heavy (non-hydrogen) atoms. The van der Waals surface area contributed by atoms with E-state index in [2.05, 4.69) is 29.4 Å². The van der Waals surface area contributed by atoms with Crippen molar-refractivity contribution in [3.05, 3.63) is 23.8 Å². The van der Waals surface area contributed by atoms with E-state index in [0.717, 1.165) is 48.6 Å². The third-order valence-electron chi connectivity index (χ3n) is 5.32. The zero-order valence-electron chi connectivity index (χ0n) is 18.1. The van der Waals surface area contributed by atoms with Crippen molar-refractivity contribution in [3.63, 3.8) is 0 Å². The van der Waals surface area contributed by atoms with Gasteiger partial charge in [-0.1, -0.05) is 12.5 Å². The van der Waals surface area contributed by atoms with Crippen molar-refractivity contribution in [3.8, 4) is 11.5 Å². The topological polar surface area (TPSA) is 58.1 Å². The van der Waals surface area contributed by atoms with Crippen LogP contribution in [0.2, 0.25) is 0 Å². The van der Waals surface area contributed by atoms with E-state index in [1.807, 2.05) is 18.2 Å². The van der Waals surface area contributed by atoms with Crippen molar-refractivity contribution < 1.29 is 9.47 Å². The molecule has 0 bridgehead atoms. The minimum absolute atomic E-state index is 0.598. The Morgan fingerprint density at radius 3 is 2.68 bits per heavy atom. The molecule has 1 saturated heterocycles. The van der Waals surface area contributed by atoms with Gasteiger partial charge in [0.1, 0.15) is 0 Å². The minimum atomic E-state index is 0.598. The van der Waals surface area contributed by atoms with Gasteiger partial charge in [0.2, 0.25) is 0 Å². The first-order chi connectivity index (χ1) is 13.7. The van der Waals surface area contributed by atoms with Gasteiger partial charge in [0, 0.05) is 19.1 Å². The molecule has 0 amide bonds. The maximum absolute atomic E-state index is 5.37. The maximum atomic E-state index is 5.37. The molecule has 158 valence electrons. The molecule has 2 rings (SSSR count). The lowest BCUT2D eigenvalue weighted by Gasteiger charge is -2.33. The van der Waals surface area contributed by atoms with E-state index in [9.17, 15) is 0 Å². The van der Waals surface area contributed by atoms with Gasteiger partial charge in [-0.25, -0.2) is 4.99 Å². The summed E-state index contributed by atoms with van der Waals surface area (Å²) in [5, 5.41) is 6.78. The number of hydrogen-bond donors (Lipinski definition) is 2. The molecular formula is C22H38N4O2. The summed E-state index contributed by atoms with van der Waals surface area (Å²) in [6, 6.07) is 6.67. The number of likely N-dealkylation sites (tertiary alicyclic amines) is 1. The summed E-state index contributed by atoms with van der Waals surface area (Å²) in [6.45, 7) is 9.32. The van der Waals surface area contributed by atoms with Gasteiger partial charge in [-0.15, -0.1) is 0 Å². The van der Waals surface area contributed by atoms with Gasteiger partial charge in [0.05, 0.1) is 20.8 Å². The zero-order chi connectivity index (χ0) is 20.2. The highest BCUT2D eigenvalue weighted by atomic mass is 16.5. The van der Waals surface area contributed by atoms with Crippen LogP contribution in [-0.4, -0.2) is 57.3 Å². The lowest BCUT2D eigenvalue weighted by atomic mass is 10.0. The number of piperidine rings is 1. The Balaban J connectivity index is 1.77. The monoisotopic (exact) mass is 390 g/mol. The average molecular weight is 391 g/mol. The first kappa shape index (κ1) is 22.3. The molecule has 1 aliphatic heterocycles. The van der Waals surface area contributed by atoms with E-state index >= 15 is 0 Å². The molecular weight excluding hydrogens is 352 g/mol. The molecule has 1 heterocycles. The first-order valence-electron chi connectivity index (χ1n) is 10.6. The van der Waals surface area contributed by atoms with Crippen molar-refractivity contribution in [2.75, 3.05) is 40.4 Å². The molecule has 0 spiro atoms. The highest BCUT2D eigenvalue weighted by molar-refractivity contribution is 5.79. The third kappa shape index (κ3) is 7.23. The van der Waals surface area contributed by atoms with Gasteiger partial charge in [0.25, 0.3) is 0 Å². The number of aliphatic imine (C=N–C) groups is 1. The van der Waals surface area contributed by atoms with Crippen molar-refractivity contribution in [1.82, 2.24) is 15.5 Å². The predicted molar refractivity (Wildman–Crippen MR) is 116 cm³/mol. The molecule has 1 fully saturated rings. The molecule has 0 aliphatic carbocycles. The summed E-state index contributed by atoms with van der Waals surface area (Å²) in [6.07, 6.45) is 6.49. The van der Waals surface area contributed by atoms with Crippen molar-refractivity contribution in [2.24, 2.45) is 4.99 Å². The second-order valence-electron chi connectivity index (χ2n) is 7.40. The van der Waals surface area contributed by atoms with Crippen LogP contribution in [0.5, 0.6) is 11.5 Å². The highest BCUT2D eigenvalue weighted by Gasteiger charge is 2.16. The lowest BCUT2D eigenvalue weighted by molar-refractivity contribution is 0.158. The zero-order valence-corrected chi connectivity index (χ0v) is 18.1. The fourth-order valence-corrected chi connectivity index (χ4v) is 3.63. The Morgan fingerprint density at radius 1 is 1.14 bits per heavy atom. The molecule has 1 aliphatic rings.